The van der Waals surface area contributed by atoms with Crippen LogP contribution in [-0.4, -0.2) is 40.4 Å². The van der Waals surface area contributed by atoms with Crippen molar-refractivity contribution >= 4 is 18.1 Å². The van der Waals surface area contributed by atoms with Gasteiger partial charge in [-0.3, -0.25) is 4.79 Å². The molecule has 1 amide bonds. The van der Waals surface area contributed by atoms with E-state index in [9.17, 15) is 13.6 Å². The van der Waals surface area contributed by atoms with Crippen LogP contribution in [0.3, 0.4) is 0 Å². The lowest BCUT2D eigenvalue weighted by Crippen LogP contribution is -2.51. The van der Waals surface area contributed by atoms with Crippen molar-refractivity contribution in [3.05, 3.63) is 41.3 Å². The molecule has 2 aliphatic heterocycles. The summed E-state index contributed by atoms with van der Waals surface area (Å²) >= 11 is 0. The van der Waals surface area contributed by atoms with Crippen molar-refractivity contribution < 1.29 is 18.0 Å². The Kier molecular flexibility index (Phi) is 4.84. The summed E-state index contributed by atoms with van der Waals surface area (Å²) in [5.74, 6) is -1.27. The Balaban J connectivity index is 1.53. The topological polar surface area (TPSA) is 74.8 Å². The summed E-state index contributed by atoms with van der Waals surface area (Å²) in [6, 6.07) is 3.29. The quantitative estimate of drug-likeness (QED) is 0.785. The first-order valence-corrected chi connectivity index (χ1v) is 9.61. The van der Waals surface area contributed by atoms with Crippen LogP contribution in [0.2, 0.25) is 0 Å². The molecule has 1 saturated heterocycles. The molecule has 29 heavy (non-hydrogen) atoms. The summed E-state index contributed by atoms with van der Waals surface area (Å²) in [5.41, 5.74) is 0.0259. The third kappa shape index (κ3) is 3.73. The number of hydrogen-bond acceptors (Lipinski definition) is 6. The van der Waals surface area contributed by atoms with Gasteiger partial charge >= 0.3 is 6.01 Å². The maximum atomic E-state index is 13.7. The Morgan fingerprint density at radius 3 is 2.55 bits per heavy atom. The van der Waals surface area contributed by atoms with Crippen molar-refractivity contribution in [2.24, 2.45) is 16.4 Å². The van der Waals surface area contributed by atoms with Gasteiger partial charge in [0.05, 0.1) is 6.04 Å². The van der Waals surface area contributed by atoms with E-state index in [2.05, 4.69) is 15.3 Å². The summed E-state index contributed by atoms with van der Waals surface area (Å²) in [7, 11) is 0. The van der Waals surface area contributed by atoms with E-state index in [1.807, 2.05) is 18.7 Å². The molecule has 2 aliphatic rings. The lowest BCUT2D eigenvalue weighted by atomic mass is 9.73. The van der Waals surface area contributed by atoms with Gasteiger partial charge in [-0.05, 0) is 29.5 Å². The molecule has 0 spiro atoms. The van der Waals surface area contributed by atoms with Crippen LogP contribution in [-0.2, 0) is 4.79 Å². The van der Waals surface area contributed by atoms with E-state index in [-0.39, 0.29) is 17.2 Å². The zero-order valence-electron chi connectivity index (χ0n) is 16.6. The van der Waals surface area contributed by atoms with Crippen LogP contribution < -0.4 is 4.90 Å². The maximum Gasteiger partial charge on any atom is 0.318 e. The SMILES string of the molecule is Cc1nnc(N2CC[C@@H](C(=O)N3N=CC[C@H]3c3cc(F)cc(F)c3)C(C)(C)C2)o1. The van der Waals surface area contributed by atoms with E-state index in [4.69, 9.17) is 4.42 Å². The van der Waals surface area contributed by atoms with E-state index in [0.717, 1.165) is 6.07 Å². The van der Waals surface area contributed by atoms with Crippen LogP contribution in [0.4, 0.5) is 14.8 Å². The van der Waals surface area contributed by atoms with E-state index in [1.165, 1.54) is 17.1 Å². The van der Waals surface area contributed by atoms with E-state index >= 15 is 0 Å². The van der Waals surface area contributed by atoms with Gasteiger partial charge in [0.25, 0.3) is 0 Å². The second-order valence-corrected chi connectivity index (χ2v) is 8.29. The first kappa shape index (κ1) is 19.5. The van der Waals surface area contributed by atoms with Crippen molar-refractivity contribution in [1.82, 2.24) is 15.2 Å². The monoisotopic (exact) mass is 403 g/mol. The molecule has 0 aliphatic carbocycles. The zero-order valence-corrected chi connectivity index (χ0v) is 16.6. The van der Waals surface area contributed by atoms with Gasteiger partial charge in [-0.15, -0.1) is 5.10 Å². The Bertz CT molecular complexity index is 938. The van der Waals surface area contributed by atoms with Crippen molar-refractivity contribution in [2.75, 3.05) is 18.0 Å². The summed E-state index contributed by atoms with van der Waals surface area (Å²) in [6.07, 6.45) is 2.63. The Morgan fingerprint density at radius 1 is 1.21 bits per heavy atom. The molecule has 3 heterocycles. The number of rotatable bonds is 3. The Morgan fingerprint density at radius 2 is 1.93 bits per heavy atom. The minimum atomic E-state index is -0.664. The molecule has 2 aromatic rings. The molecule has 7 nitrogen and oxygen atoms in total. The predicted molar refractivity (Wildman–Crippen MR) is 102 cm³/mol. The number of aryl methyl sites for hydroxylation is 1. The number of piperidine rings is 1. The third-order valence-electron chi connectivity index (χ3n) is 5.64. The third-order valence-corrected chi connectivity index (χ3v) is 5.64. The molecule has 0 saturated carbocycles. The highest BCUT2D eigenvalue weighted by Gasteiger charge is 2.45. The van der Waals surface area contributed by atoms with Crippen LogP contribution >= 0.6 is 0 Å². The minimum absolute atomic E-state index is 0.139. The normalized spacial score (nSPS) is 23.6. The van der Waals surface area contributed by atoms with Gasteiger partial charge in [0.1, 0.15) is 11.6 Å². The molecule has 0 bridgehead atoms. The van der Waals surface area contributed by atoms with Crippen LogP contribution in [0.1, 0.15) is 44.2 Å². The molecule has 154 valence electrons. The minimum Gasteiger partial charge on any atom is -0.408 e. The van der Waals surface area contributed by atoms with Crippen molar-refractivity contribution in [3.8, 4) is 0 Å². The molecule has 1 aromatic carbocycles. The lowest BCUT2D eigenvalue weighted by Gasteiger charge is -2.43. The van der Waals surface area contributed by atoms with Crippen LogP contribution in [0, 0.1) is 29.9 Å². The highest BCUT2D eigenvalue weighted by atomic mass is 19.1. The van der Waals surface area contributed by atoms with Gasteiger partial charge in [-0.2, -0.15) is 5.10 Å². The molecule has 4 rings (SSSR count). The summed E-state index contributed by atoms with van der Waals surface area (Å²) in [6.45, 7) is 6.93. The zero-order chi connectivity index (χ0) is 20.8. The Hall–Kier alpha value is -2.84. The first-order chi connectivity index (χ1) is 13.7. The molecular formula is C20H23F2N5O2. The fourth-order valence-electron chi connectivity index (χ4n) is 4.22. The number of benzene rings is 1. The van der Waals surface area contributed by atoms with E-state index in [0.29, 0.717) is 43.4 Å². The standard InChI is InChI=1S/C20H23F2N5O2/c1-12-24-25-19(29-12)26-7-5-16(20(2,3)11-26)18(28)27-17(4-6-23-27)13-8-14(21)10-15(22)9-13/h6,8-10,16-17H,4-5,7,11H2,1-3H3/t16-,17-/m0/s1. The smallest absolute Gasteiger partial charge is 0.318 e. The maximum absolute atomic E-state index is 13.7. The summed E-state index contributed by atoms with van der Waals surface area (Å²) in [4.78, 5) is 15.4. The molecule has 0 radical (unpaired) electrons. The van der Waals surface area contributed by atoms with Gasteiger partial charge in [-0.1, -0.05) is 18.9 Å². The lowest BCUT2D eigenvalue weighted by molar-refractivity contribution is -0.142. The number of anilines is 1. The fourth-order valence-corrected chi connectivity index (χ4v) is 4.22. The molecule has 0 N–H and O–H groups in total. The van der Waals surface area contributed by atoms with Gasteiger partial charge in [0.15, 0.2) is 0 Å². The largest absolute Gasteiger partial charge is 0.408 e. The van der Waals surface area contributed by atoms with E-state index in [1.54, 1.807) is 13.1 Å². The Labute approximate surface area is 167 Å². The molecular weight excluding hydrogens is 380 g/mol. The highest BCUT2D eigenvalue weighted by Crippen LogP contribution is 2.40. The van der Waals surface area contributed by atoms with Crippen LogP contribution in [0.5, 0.6) is 0 Å². The molecule has 0 unspecified atom stereocenters. The number of hydrogen-bond donors (Lipinski definition) is 0. The average molecular weight is 403 g/mol. The van der Waals surface area contributed by atoms with E-state index < -0.39 is 17.7 Å². The molecule has 9 heteroatoms. The van der Waals surface area contributed by atoms with Crippen molar-refractivity contribution in [2.45, 2.75) is 39.7 Å². The first-order valence-electron chi connectivity index (χ1n) is 9.61. The predicted octanol–water partition coefficient (Wildman–Crippen LogP) is 3.47. The second kappa shape index (κ2) is 7.20. The number of amides is 1. The van der Waals surface area contributed by atoms with Crippen LogP contribution in [0.25, 0.3) is 0 Å². The number of hydrazone groups is 1. The van der Waals surface area contributed by atoms with Gasteiger partial charge in [0.2, 0.25) is 11.8 Å². The molecule has 1 fully saturated rings. The molecule has 1 aromatic heterocycles. The average Bonchev–Trinajstić information content (AvgIpc) is 3.28. The van der Waals surface area contributed by atoms with Crippen molar-refractivity contribution in [1.29, 1.82) is 0 Å². The van der Waals surface area contributed by atoms with Crippen LogP contribution in [0.15, 0.2) is 27.7 Å². The number of aromatic nitrogens is 2. The highest BCUT2D eigenvalue weighted by molar-refractivity contribution is 5.83. The van der Waals surface area contributed by atoms with Gasteiger partial charge in [0, 0.05) is 44.6 Å². The number of carbonyl (C=O) groups excluding carboxylic acids is 1. The second-order valence-electron chi connectivity index (χ2n) is 8.29. The molecule has 2 atom stereocenters. The number of halogens is 2. The summed E-state index contributed by atoms with van der Waals surface area (Å²) < 4.78 is 32.9. The number of nitrogens with zero attached hydrogens (tertiary/aromatic N) is 5. The number of carbonyl (C=O) groups is 1. The summed E-state index contributed by atoms with van der Waals surface area (Å²) in [5, 5.41) is 13.6. The van der Waals surface area contributed by atoms with Gasteiger partial charge in [-0.25, -0.2) is 13.8 Å². The van der Waals surface area contributed by atoms with Crippen molar-refractivity contribution in [3.63, 3.8) is 0 Å². The fraction of sp³-hybridized carbons (Fsp3) is 0.500. The van der Waals surface area contributed by atoms with Gasteiger partial charge < -0.3 is 9.32 Å².